The van der Waals surface area contributed by atoms with Gasteiger partial charge in [-0.3, -0.25) is 4.79 Å². The maximum absolute atomic E-state index is 13.5. The molecule has 0 bridgehead atoms. The van der Waals surface area contributed by atoms with E-state index < -0.39 is 17.9 Å². The van der Waals surface area contributed by atoms with Crippen molar-refractivity contribution >= 4 is 33.9 Å². The molecule has 3 heterocycles. The van der Waals surface area contributed by atoms with Crippen LogP contribution in [-0.4, -0.2) is 40.2 Å². The molecule has 1 amide bonds. The van der Waals surface area contributed by atoms with E-state index in [2.05, 4.69) is 20.4 Å². The number of aromatic nitrogens is 3. The number of pyridine rings is 1. The number of H-pyrrole nitrogens is 1. The van der Waals surface area contributed by atoms with Crippen molar-refractivity contribution in [3.05, 3.63) is 83.2 Å². The quantitative estimate of drug-likeness (QED) is 0.355. The molecule has 1 atom stereocenters. The van der Waals surface area contributed by atoms with Crippen molar-refractivity contribution in [2.75, 3.05) is 7.11 Å². The summed E-state index contributed by atoms with van der Waals surface area (Å²) in [5.41, 5.74) is 5.51. The second kappa shape index (κ2) is 9.06. The molecule has 1 unspecified atom stereocenters. The predicted octanol–water partition coefficient (Wildman–Crippen LogP) is 4.50. The van der Waals surface area contributed by atoms with Crippen LogP contribution in [0.3, 0.4) is 0 Å². The van der Waals surface area contributed by atoms with Gasteiger partial charge in [-0.15, -0.1) is 0 Å². The molecule has 0 spiro atoms. The first-order valence-electron chi connectivity index (χ1n) is 11.2. The Balaban J connectivity index is 1.51. The normalized spacial score (nSPS) is 12.1. The van der Waals surface area contributed by atoms with Gasteiger partial charge in [-0.1, -0.05) is 53.2 Å². The Bertz CT molecular complexity index is 1550. The molecule has 3 aromatic heterocycles. The van der Waals surface area contributed by atoms with Gasteiger partial charge in [0.05, 0.1) is 29.4 Å². The number of fused-ring (bicyclic) bond motifs is 2. The minimum atomic E-state index is -0.891. The summed E-state index contributed by atoms with van der Waals surface area (Å²) in [7, 11) is 1.31. The fraction of sp³-hybridized carbons (Fsp3) is 0.185. The number of benzene rings is 2. The number of nitrogens with zero attached hydrogens (tertiary/aromatic N) is 2. The highest BCUT2D eigenvalue weighted by molar-refractivity contribution is 6.08. The van der Waals surface area contributed by atoms with Crippen LogP contribution < -0.4 is 5.32 Å². The van der Waals surface area contributed by atoms with Gasteiger partial charge in [-0.25, -0.2) is 9.78 Å². The third kappa shape index (κ3) is 4.26. The molecule has 35 heavy (non-hydrogen) atoms. The first kappa shape index (κ1) is 22.3. The summed E-state index contributed by atoms with van der Waals surface area (Å²) in [6, 6.07) is 16.4. The summed E-state index contributed by atoms with van der Waals surface area (Å²) in [4.78, 5) is 34.0. The number of para-hydroxylation sites is 1. The number of aryl methyl sites for hydroxylation is 2. The van der Waals surface area contributed by atoms with Gasteiger partial charge in [0, 0.05) is 29.1 Å². The Morgan fingerprint density at radius 3 is 2.66 bits per heavy atom. The highest BCUT2D eigenvalue weighted by Crippen LogP contribution is 2.28. The molecule has 0 fully saturated rings. The molecule has 0 saturated carbocycles. The smallest absolute Gasteiger partial charge is 0.328 e. The molecule has 8 heteroatoms. The van der Waals surface area contributed by atoms with Gasteiger partial charge in [0.25, 0.3) is 11.6 Å². The van der Waals surface area contributed by atoms with Crippen LogP contribution in [0.2, 0.25) is 0 Å². The standard InChI is InChI=1S/C27H24N4O4/c1-15-8-10-17(11-9-15)22-13-20(24-16(2)31-35-26(24)30-22)25(32)29-23(27(33)34-3)12-18-14-28-21-7-5-4-6-19(18)21/h4-11,13-14,23,28H,12H2,1-3H3,(H,29,32). The largest absolute Gasteiger partial charge is 0.467 e. The van der Waals surface area contributed by atoms with Crippen LogP contribution in [-0.2, 0) is 16.0 Å². The highest BCUT2D eigenvalue weighted by atomic mass is 16.5. The molecule has 0 aliphatic carbocycles. The lowest BCUT2D eigenvalue weighted by atomic mass is 10.0. The fourth-order valence-electron chi connectivity index (χ4n) is 4.24. The minimum absolute atomic E-state index is 0.261. The van der Waals surface area contributed by atoms with E-state index in [4.69, 9.17) is 9.26 Å². The zero-order chi connectivity index (χ0) is 24.5. The van der Waals surface area contributed by atoms with Crippen LogP contribution in [0.1, 0.15) is 27.2 Å². The van der Waals surface area contributed by atoms with Gasteiger partial charge in [0.1, 0.15) is 6.04 Å². The van der Waals surface area contributed by atoms with Crippen LogP contribution in [0.4, 0.5) is 0 Å². The van der Waals surface area contributed by atoms with E-state index >= 15 is 0 Å². The van der Waals surface area contributed by atoms with Crippen molar-refractivity contribution in [3.63, 3.8) is 0 Å². The van der Waals surface area contributed by atoms with Crippen LogP contribution in [0.15, 0.2) is 65.3 Å². The number of hydrogen-bond donors (Lipinski definition) is 2. The zero-order valence-electron chi connectivity index (χ0n) is 19.6. The lowest BCUT2D eigenvalue weighted by Gasteiger charge is -2.17. The molecule has 0 radical (unpaired) electrons. The van der Waals surface area contributed by atoms with Crippen molar-refractivity contribution in [3.8, 4) is 11.3 Å². The Labute approximate surface area is 201 Å². The maximum atomic E-state index is 13.5. The molecule has 0 aliphatic heterocycles. The summed E-state index contributed by atoms with van der Waals surface area (Å²) in [5.74, 6) is -0.970. The highest BCUT2D eigenvalue weighted by Gasteiger charge is 2.26. The lowest BCUT2D eigenvalue weighted by molar-refractivity contribution is -0.142. The summed E-state index contributed by atoms with van der Waals surface area (Å²) >= 11 is 0. The number of esters is 1. The van der Waals surface area contributed by atoms with Gasteiger partial charge in [-0.2, -0.15) is 0 Å². The monoisotopic (exact) mass is 468 g/mol. The molecular formula is C27H24N4O4. The van der Waals surface area contributed by atoms with E-state index in [9.17, 15) is 9.59 Å². The number of methoxy groups -OCH3 is 1. The topological polar surface area (TPSA) is 110 Å². The fourth-order valence-corrected chi connectivity index (χ4v) is 4.24. The van der Waals surface area contributed by atoms with Crippen LogP contribution in [0.25, 0.3) is 33.3 Å². The molecule has 0 saturated heterocycles. The van der Waals surface area contributed by atoms with E-state index in [0.29, 0.717) is 22.3 Å². The third-order valence-electron chi connectivity index (χ3n) is 6.10. The molecule has 5 aromatic rings. The Morgan fingerprint density at radius 1 is 1.11 bits per heavy atom. The number of carbonyl (C=O) groups excluding carboxylic acids is 2. The maximum Gasteiger partial charge on any atom is 0.328 e. The summed E-state index contributed by atoms with van der Waals surface area (Å²) in [5, 5.41) is 8.35. The average Bonchev–Trinajstić information content (AvgIpc) is 3.46. The van der Waals surface area contributed by atoms with Crippen molar-refractivity contribution in [2.24, 2.45) is 0 Å². The number of aromatic amines is 1. The Morgan fingerprint density at radius 2 is 1.89 bits per heavy atom. The van der Waals surface area contributed by atoms with Gasteiger partial charge >= 0.3 is 5.97 Å². The Kier molecular flexibility index (Phi) is 5.78. The van der Waals surface area contributed by atoms with E-state index in [-0.39, 0.29) is 12.1 Å². The number of hydrogen-bond acceptors (Lipinski definition) is 6. The van der Waals surface area contributed by atoms with Crippen LogP contribution in [0, 0.1) is 13.8 Å². The molecule has 2 aromatic carbocycles. The molecular weight excluding hydrogens is 444 g/mol. The van der Waals surface area contributed by atoms with Crippen molar-refractivity contribution in [2.45, 2.75) is 26.3 Å². The molecule has 5 rings (SSSR count). The number of nitrogens with one attached hydrogen (secondary N) is 2. The summed E-state index contributed by atoms with van der Waals surface area (Å²) < 4.78 is 10.4. The van der Waals surface area contributed by atoms with Crippen molar-refractivity contribution in [1.29, 1.82) is 0 Å². The lowest BCUT2D eigenvalue weighted by Crippen LogP contribution is -2.43. The SMILES string of the molecule is COC(=O)C(Cc1c[nH]c2ccccc12)NC(=O)c1cc(-c2ccc(C)cc2)nc2onc(C)c12. The van der Waals surface area contributed by atoms with E-state index in [1.807, 2.05) is 61.7 Å². The van der Waals surface area contributed by atoms with Gasteiger partial charge in [0.2, 0.25) is 0 Å². The van der Waals surface area contributed by atoms with Crippen LogP contribution >= 0.6 is 0 Å². The first-order chi connectivity index (χ1) is 16.9. The predicted molar refractivity (Wildman–Crippen MR) is 132 cm³/mol. The van der Waals surface area contributed by atoms with E-state index in [1.165, 1.54) is 7.11 Å². The second-order valence-electron chi connectivity index (χ2n) is 8.48. The first-order valence-corrected chi connectivity index (χ1v) is 11.2. The number of ether oxygens (including phenoxy) is 1. The summed E-state index contributed by atoms with van der Waals surface area (Å²) in [6.07, 6.45) is 2.11. The molecule has 2 N–H and O–H groups in total. The molecule has 8 nitrogen and oxygen atoms in total. The van der Waals surface area contributed by atoms with Crippen molar-refractivity contribution < 1.29 is 18.8 Å². The van der Waals surface area contributed by atoms with Gasteiger partial charge < -0.3 is 19.6 Å². The zero-order valence-corrected chi connectivity index (χ0v) is 19.6. The van der Waals surface area contributed by atoms with Crippen LogP contribution in [0.5, 0.6) is 0 Å². The number of carbonyl (C=O) groups is 2. The van der Waals surface area contributed by atoms with Gasteiger partial charge in [-0.05, 0) is 31.5 Å². The third-order valence-corrected chi connectivity index (χ3v) is 6.10. The number of amides is 1. The van der Waals surface area contributed by atoms with E-state index in [1.54, 1.807) is 13.0 Å². The number of rotatable bonds is 6. The second-order valence-corrected chi connectivity index (χ2v) is 8.48. The van der Waals surface area contributed by atoms with E-state index in [0.717, 1.165) is 27.6 Å². The molecule has 176 valence electrons. The summed E-state index contributed by atoms with van der Waals surface area (Å²) in [6.45, 7) is 3.75. The average molecular weight is 469 g/mol. The van der Waals surface area contributed by atoms with Gasteiger partial charge in [0.15, 0.2) is 0 Å². The van der Waals surface area contributed by atoms with Crippen molar-refractivity contribution in [1.82, 2.24) is 20.4 Å². The Hall–Kier alpha value is -4.46. The molecule has 0 aliphatic rings. The minimum Gasteiger partial charge on any atom is -0.467 e.